The number of rotatable bonds is 54. The molecule has 0 aromatic heterocycles. The van der Waals surface area contributed by atoms with Crippen molar-refractivity contribution in [1.82, 2.24) is 0 Å². The first-order chi connectivity index (χ1) is 35.6. The lowest BCUT2D eigenvalue weighted by Gasteiger charge is -2.18. The number of hydrogen-bond acceptors (Lipinski definition) is 5. The van der Waals surface area contributed by atoms with E-state index in [0.717, 1.165) is 83.5 Å². The smallest absolute Gasteiger partial charge is 0.306 e. The topological polar surface area (TPSA) is 61.8 Å². The molecule has 410 valence electrons. The third kappa shape index (κ3) is 58.9. The molecule has 0 aromatic carbocycles. The van der Waals surface area contributed by atoms with Crippen molar-refractivity contribution in [2.75, 3.05) is 19.8 Å². The molecule has 0 heterocycles. The van der Waals surface area contributed by atoms with Gasteiger partial charge in [-0.15, -0.1) is 0 Å². The summed E-state index contributed by atoms with van der Waals surface area (Å²) in [5.74, 6) is -0.506. The summed E-state index contributed by atoms with van der Waals surface area (Å²) >= 11 is 0. The van der Waals surface area contributed by atoms with Crippen molar-refractivity contribution in [3.63, 3.8) is 0 Å². The molecule has 0 aliphatic carbocycles. The normalized spacial score (nSPS) is 13.1. The molecule has 72 heavy (non-hydrogen) atoms. The summed E-state index contributed by atoms with van der Waals surface area (Å²) in [6.07, 6.45) is 86.6. The largest absolute Gasteiger partial charge is 0.462 e. The molecule has 0 aliphatic rings. The van der Waals surface area contributed by atoms with Gasteiger partial charge in [-0.25, -0.2) is 0 Å². The van der Waals surface area contributed by atoms with Gasteiger partial charge in [-0.1, -0.05) is 251 Å². The Morgan fingerprint density at radius 1 is 0.319 bits per heavy atom. The highest BCUT2D eigenvalue weighted by molar-refractivity contribution is 5.70. The zero-order chi connectivity index (χ0) is 52.0. The second kappa shape index (κ2) is 61.6. The van der Waals surface area contributed by atoms with Crippen LogP contribution < -0.4 is 0 Å². The van der Waals surface area contributed by atoms with Gasteiger partial charge in [0.1, 0.15) is 6.61 Å². The minimum absolute atomic E-state index is 0.0330. The van der Waals surface area contributed by atoms with Crippen LogP contribution in [0.4, 0.5) is 0 Å². The van der Waals surface area contributed by atoms with E-state index in [-0.39, 0.29) is 25.2 Å². The van der Waals surface area contributed by atoms with Gasteiger partial charge in [0, 0.05) is 19.4 Å². The molecule has 1 atom stereocenters. The van der Waals surface area contributed by atoms with Gasteiger partial charge in [-0.3, -0.25) is 9.59 Å². The second-order valence-corrected chi connectivity index (χ2v) is 19.5. The quantitative estimate of drug-likeness (QED) is 0.0345. The van der Waals surface area contributed by atoms with Crippen LogP contribution in [0, 0.1) is 0 Å². The van der Waals surface area contributed by atoms with Crippen LogP contribution in [-0.2, 0) is 23.8 Å². The van der Waals surface area contributed by atoms with Crippen molar-refractivity contribution in [2.24, 2.45) is 0 Å². The maximum Gasteiger partial charge on any atom is 0.306 e. The van der Waals surface area contributed by atoms with Crippen LogP contribution in [-0.4, -0.2) is 37.9 Å². The summed E-state index contributed by atoms with van der Waals surface area (Å²) in [5.41, 5.74) is 0. The van der Waals surface area contributed by atoms with E-state index in [0.29, 0.717) is 25.9 Å². The van der Waals surface area contributed by atoms with Gasteiger partial charge >= 0.3 is 11.9 Å². The third-order valence-electron chi connectivity index (χ3n) is 12.5. The summed E-state index contributed by atoms with van der Waals surface area (Å²) in [5, 5.41) is 0. The van der Waals surface area contributed by atoms with E-state index >= 15 is 0 Å². The summed E-state index contributed by atoms with van der Waals surface area (Å²) in [7, 11) is 0. The molecule has 0 bridgehead atoms. The number of hydrogen-bond donors (Lipinski definition) is 0. The summed E-state index contributed by atoms with van der Waals surface area (Å²) in [4.78, 5) is 25.5. The lowest BCUT2D eigenvalue weighted by atomic mass is 10.1. The Morgan fingerprint density at radius 2 is 0.653 bits per heavy atom. The van der Waals surface area contributed by atoms with Gasteiger partial charge in [0.2, 0.25) is 0 Å². The van der Waals surface area contributed by atoms with Crippen molar-refractivity contribution in [3.8, 4) is 0 Å². The van der Waals surface area contributed by atoms with Crippen molar-refractivity contribution >= 4 is 11.9 Å². The zero-order valence-corrected chi connectivity index (χ0v) is 47.2. The Bertz CT molecular complexity index is 1450. The Kier molecular flexibility index (Phi) is 58.4. The Balaban J connectivity index is 4.43. The van der Waals surface area contributed by atoms with E-state index in [2.05, 4.69) is 136 Å². The number of carbonyl (C=O) groups excluding carboxylic acids is 2. The fraction of sp³-hybridized carbons (Fsp3) is 0.672. The first kappa shape index (κ1) is 68.3. The molecule has 5 nitrogen and oxygen atoms in total. The van der Waals surface area contributed by atoms with Crippen LogP contribution in [0.3, 0.4) is 0 Å². The fourth-order valence-electron chi connectivity index (χ4n) is 8.01. The average molecular weight is 998 g/mol. The molecule has 0 aromatic rings. The van der Waals surface area contributed by atoms with Crippen LogP contribution >= 0.6 is 0 Å². The summed E-state index contributed by atoms with van der Waals surface area (Å²) in [6, 6.07) is 0. The van der Waals surface area contributed by atoms with Crippen molar-refractivity contribution in [2.45, 2.75) is 271 Å². The van der Waals surface area contributed by atoms with Crippen LogP contribution in [0.15, 0.2) is 122 Å². The molecule has 0 saturated carbocycles. The maximum atomic E-state index is 12.9. The maximum absolute atomic E-state index is 12.9. The molecular formula is C67H112O5. The van der Waals surface area contributed by atoms with E-state index < -0.39 is 6.10 Å². The van der Waals surface area contributed by atoms with Gasteiger partial charge < -0.3 is 14.2 Å². The number of allylic oxidation sites excluding steroid dienone is 20. The number of unbranched alkanes of at least 4 members (excludes halogenated alkanes) is 23. The SMILES string of the molecule is CC/C=C\C/C=C\C/C=C\C/C=C\C/C=C\C/C=C\CCC(=O)OCC(COCCCCCCCCC/C=C\C/C=C\C/C=C\CCCCC)OC(=O)CCCCCCCCC/C=C\CCCCCCCC. The third-order valence-corrected chi connectivity index (χ3v) is 12.5. The standard InChI is InChI=1S/C67H112O5/c1-4-7-10-13-16-19-22-25-28-31-33-35-38-41-44-47-50-53-56-59-62-70-63-65(72-67(69)61-58-55-52-49-46-43-40-36-30-27-24-21-18-15-12-9-6-3)64-71-66(68)60-57-54-51-48-45-42-39-37-34-32-29-26-23-20-17-14-11-8-5-2/h8,11,16-17,19-20,25-30,33-35,37,42,45,51,54,65H,4-7,9-10,12-15,18,21-24,31-32,36,38-41,43-44,46-50,52-53,55-64H2,1-3H3/b11-8-,19-16-,20-17-,28-25-,29-26-,30-27-,35-33-,37-34-,45-42-,54-51-. The van der Waals surface area contributed by atoms with E-state index in [1.807, 2.05) is 6.08 Å². The lowest BCUT2D eigenvalue weighted by molar-refractivity contribution is -0.162. The minimum atomic E-state index is -0.584. The number of esters is 2. The zero-order valence-electron chi connectivity index (χ0n) is 47.2. The predicted octanol–water partition coefficient (Wildman–Crippen LogP) is 20.9. The van der Waals surface area contributed by atoms with E-state index in [4.69, 9.17) is 14.2 Å². The van der Waals surface area contributed by atoms with Gasteiger partial charge in [-0.05, 0) is 122 Å². The highest BCUT2D eigenvalue weighted by Gasteiger charge is 2.17. The average Bonchev–Trinajstić information content (AvgIpc) is 3.38. The molecule has 0 fully saturated rings. The Morgan fingerprint density at radius 3 is 1.10 bits per heavy atom. The van der Waals surface area contributed by atoms with Crippen LogP contribution in [0.5, 0.6) is 0 Å². The van der Waals surface area contributed by atoms with Crippen LogP contribution in [0.2, 0.25) is 0 Å². The first-order valence-corrected chi connectivity index (χ1v) is 30.1. The van der Waals surface area contributed by atoms with Gasteiger partial charge in [0.25, 0.3) is 0 Å². The molecule has 0 amide bonds. The van der Waals surface area contributed by atoms with Crippen LogP contribution in [0.1, 0.15) is 265 Å². The number of ether oxygens (including phenoxy) is 3. The molecule has 5 heteroatoms. The molecule has 0 spiro atoms. The number of carbonyl (C=O) groups is 2. The lowest BCUT2D eigenvalue weighted by Crippen LogP contribution is -2.30. The fourth-order valence-corrected chi connectivity index (χ4v) is 8.01. The van der Waals surface area contributed by atoms with Crippen molar-refractivity contribution < 1.29 is 23.8 Å². The van der Waals surface area contributed by atoms with E-state index in [1.165, 1.54) is 141 Å². The van der Waals surface area contributed by atoms with Crippen molar-refractivity contribution in [3.05, 3.63) is 122 Å². The second-order valence-electron chi connectivity index (χ2n) is 19.5. The molecule has 0 aliphatic heterocycles. The van der Waals surface area contributed by atoms with Gasteiger partial charge in [0.15, 0.2) is 6.10 Å². The van der Waals surface area contributed by atoms with Gasteiger partial charge in [-0.2, -0.15) is 0 Å². The molecule has 0 rings (SSSR count). The van der Waals surface area contributed by atoms with Gasteiger partial charge in [0.05, 0.1) is 6.61 Å². The van der Waals surface area contributed by atoms with Crippen molar-refractivity contribution in [1.29, 1.82) is 0 Å². The Labute approximate surface area is 446 Å². The minimum Gasteiger partial charge on any atom is -0.462 e. The highest BCUT2D eigenvalue weighted by atomic mass is 16.6. The van der Waals surface area contributed by atoms with E-state index in [1.54, 1.807) is 0 Å². The molecule has 0 N–H and O–H groups in total. The molecule has 1 unspecified atom stereocenters. The first-order valence-electron chi connectivity index (χ1n) is 30.1. The predicted molar refractivity (Wildman–Crippen MR) is 316 cm³/mol. The highest BCUT2D eigenvalue weighted by Crippen LogP contribution is 2.14. The molecule has 0 saturated heterocycles. The monoisotopic (exact) mass is 997 g/mol. The van der Waals surface area contributed by atoms with E-state index in [9.17, 15) is 9.59 Å². The molecule has 0 radical (unpaired) electrons. The summed E-state index contributed by atoms with van der Waals surface area (Å²) < 4.78 is 17.4. The Hall–Kier alpha value is -3.70. The molecular weight excluding hydrogens is 885 g/mol. The van der Waals surface area contributed by atoms with Crippen LogP contribution in [0.25, 0.3) is 0 Å². The summed E-state index contributed by atoms with van der Waals surface area (Å²) in [6.45, 7) is 7.59.